The van der Waals surface area contributed by atoms with E-state index in [1.165, 1.54) is 6.07 Å². The van der Waals surface area contributed by atoms with E-state index in [0.717, 1.165) is 15.6 Å². The average Bonchev–Trinajstić information content (AvgIpc) is 2.78. The minimum Gasteiger partial charge on any atom is -0.323 e. The Balaban J connectivity index is 2.13. The van der Waals surface area contributed by atoms with Crippen LogP contribution >= 0.6 is 38.9 Å². The van der Waals surface area contributed by atoms with E-state index in [0.29, 0.717) is 20.2 Å². The number of sulfonamides is 1. The van der Waals surface area contributed by atoms with Crippen molar-refractivity contribution < 1.29 is 13.2 Å². The van der Waals surface area contributed by atoms with Crippen LogP contribution in [0.2, 0.25) is 5.02 Å². The zero-order valence-electron chi connectivity index (χ0n) is 10.3. The molecule has 0 bridgehead atoms. The van der Waals surface area contributed by atoms with Crippen LogP contribution in [-0.4, -0.2) is 20.9 Å². The molecule has 9 heteroatoms. The van der Waals surface area contributed by atoms with Gasteiger partial charge < -0.3 is 5.32 Å². The van der Waals surface area contributed by atoms with Crippen LogP contribution in [0.15, 0.2) is 38.3 Å². The number of benzene rings is 1. The second-order valence-electron chi connectivity index (χ2n) is 4.26. The molecule has 0 unspecified atom stereocenters. The highest BCUT2D eigenvalue weighted by Gasteiger charge is 2.33. The van der Waals surface area contributed by atoms with E-state index in [2.05, 4.69) is 21.2 Å². The molecule has 1 aromatic heterocycles. The van der Waals surface area contributed by atoms with E-state index < -0.39 is 10.0 Å². The molecule has 0 radical (unpaired) electrons. The van der Waals surface area contributed by atoms with Gasteiger partial charge in [-0.1, -0.05) is 23.7 Å². The Hall–Kier alpha value is -1.09. The molecule has 0 spiro atoms. The summed E-state index contributed by atoms with van der Waals surface area (Å²) in [6, 6.07) is 8.13. The minimum absolute atomic E-state index is 0.0869. The first-order valence-corrected chi connectivity index (χ1v) is 9.19. The molecule has 5 nitrogen and oxygen atoms in total. The van der Waals surface area contributed by atoms with Crippen LogP contribution in [0.5, 0.6) is 0 Å². The summed E-state index contributed by atoms with van der Waals surface area (Å²) in [5.74, 6) is -0.376. The summed E-state index contributed by atoms with van der Waals surface area (Å²) in [6.07, 6.45) is 0. The number of nitrogens with one attached hydrogen (secondary N) is 1. The monoisotopic (exact) mass is 406 g/mol. The Morgan fingerprint density at radius 1 is 1.33 bits per heavy atom. The predicted octanol–water partition coefficient (Wildman–Crippen LogP) is 3.31. The summed E-state index contributed by atoms with van der Waals surface area (Å²) in [6.45, 7) is -0.257. The normalized spacial score (nSPS) is 14.8. The van der Waals surface area contributed by atoms with E-state index >= 15 is 0 Å². The van der Waals surface area contributed by atoms with Crippen LogP contribution in [0.4, 0.5) is 11.4 Å². The van der Waals surface area contributed by atoms with Crippen molar-refractivity contribution in [3.05, 3.63) is 39.1 Å². The number of amides is 1. The Morgan fingerprint density at radius 2 is 2.05 bits per heavy atom. The summed E-state index contributed by atoms with van der Waals surface area (Å²) in [5.41, 5.74) is 0.914. The van der Waals surface area contributed by atoms with Crippen LogP contribution in [0.3, 0.4) is 0 Å². The maximum absolute atomic E-state index is 12.7. The van der Waals surface area contributed by atoms with Gasteiger partial charge in [0.1, 0.15) is 10.8 Å². The van der Waals surface area contributed by atoms with Gasteiger partial charge >= 0.3 is 0 Å². The fourth-order valence-electron chi connectivity index (χ4n) is 1.98. The summed E-state index contributed by atoms with van der Waals surface area (Å²) >= 11 is 10.1. The molecule has 1 amide bonds. The summed E-state index contributed by atoms with van der Waals surface area (Å²) in [7, 11) is -3.83. The molecule has 0 saturated carbocycles. The van der Waals surface area contributed by atoms with Crippen molar-refractivity contribution in [3.63, 3.8) is 0 Å². The molecule has 2 aromatic rings. The van der Waals surface area contributed by atoms with Crippen molar-refractivity contribution >= 4 is 66.2 Å². The number of carbonyl (C=O) groups is 1. The molecule has 2 heterocycles. The maximum atomic E-state index is 12.7. The van der Waals surface area contributed by atoms with Gasteiger partial charge in [0.05, 0.1) is 20.2 Å². The number of thiophene rings is 1. The Labute approximate surface area is 138 Å². The van der Waals surface area contributed by atoms with Gasteiger partial charge in [-0.3, -0.25) is 9.10 Å². The van der Waals surface area contributed by atoms with Gasteiger partial charge in [-0.25, -0.2) is 8.42 Å². The number of anilines is 2. The van der Waals surface area contributed by atoms with Crippen molar-refractivity contribution in [2.75, 3.05) is 16.2 Å². The van der Waals surface area contributed by atoms with Crippen LogP contribution in [0.1, 0.15) is 0 Å². The Morgan fingerprint density at radius 3 is 2.71 bits per heavy atom. The molecule has 0 fully saturated rings. The average molecular weight is 408 g/mol. The number of fused-ring (bicyclic) bond motifs is 1. The topological polar surface area (TPSA) is 66.5 Å². The first-order chi connectivity index (χ1) is 9.89. The van der Waals surface area contributed by atoms with Crippen molar-refractivity contribution in [2.24, 2.45) is 0 Å². The fraction of sp³-hybridized carbons (Fsp3) is 0.0833. The van der Waals surface area contributed by atoms with Gasteiger partial charge in [0.2, 0.25) is 5.91 Å². The minimum atomic E-state index is -3.83. The van der Waals surface area contributed by atoms with Crippen LogP contribution < -0.4 is 9.62 Å². The molecular formula is C12H8BrClN2O3S2. The smallest absolute Gasteiger partial charge is 0.274 e. The number of rotatable bonds is 2. The van der Waals surface area contributed by atoms with Gasteiger partial charge in [-0.2, -0.15) is 0 Å². The van der Waals surface area contributed by atoms with E-state index in [1.54, 1.807) is 24.3 Å². The van der Waals surface area contributed by atoms with Crippen molar-refractivity contribution in [1.82, 2.24) is 0 Å². The second kappa shape index (κ2) is 5.28. The lowest BCUT2D eigenvalue weighted by atomic mass is 10.2. The van der Waals surface area contributed by atoms with Crippen molar-refractivity contribution in [1.29, 1.82) is 0 Å². The lowest BCUT2D eigenvalue weighted by molar-refractivity contribution is -0.115. The first kappa shape index (κ1) is 14.8. The summed E-state index contributed by atoms with van der Waals surface area (Å²) < 4.78 is 27.2. The zero-order chi connectivity index (χ0) is 15.2. The molecule has 0 atom stereocenters. The van der Waals surface area contributed by atoms with Gasteiger partial charge in [0.15, 0.2) is 0 Å². The number of nitrogens with zero attached hydrogens (tertiary/aromatic N) is 1. The number of carbonyl (C=O) groups excluding carboxylic acids is 1. The lowest BCUT2D eigenvalue weighted by Gasteiger charge is -2.29. The maximum Gasteiger partial charge on any atom is 0.274 e. The predicted molar refractivity (Wildman–Crippen MR) is 86.6 cm³/mol. The molecule has 110 valence electrons. The third-order valence-corrected chi connectivity index (χ3v) is 7.58. The molecule has 3 rings (SSSR count). The molecule has 1 aliphatic heterocycles. The third kappa shape index (κ3) is 2.57. The largest absolute Gasteiger partial charge is 0.323 e. The molecule has 21 heavy (non-hydrogen) atoms. The highest BCUT2D eigenvalue weighted by atomic mass is 79.9. The molecular weight excluding hydrogens is 400 g/mol. The van der Waals surface area contributed by atoms with E-state index in [9.17, 15) is 13.2 Å². The zero-order valence-corrected chi connectivity index (χ0v) is 14.3. The number of para-hydroxylation sites is 2. The molecule has 1 N–H and O–H groups in total. The van der Waals surface area contributed by atoms with E-state index in [4.69, 9.17) is 11.6 Å². The van der Waals surface area contributed by atoms with Crippen LogP contribution in [0.25, 0.3) is 0 Å². The molecule has 1 aliphatic rings. The quantitative estimate of drug-likeness (QED) is 0.830. The second-order valence-corrected chi connectivity index (χ2v) is 9.13. The Kier molecular flexibility index (Phi) is 3.73. The molecule has 1 aromatic carbocycles. The summed E-state index contributed by atoms with van der Waals surface area (Å²) in [4.78, 5) is 11.7. The van der Waals surface area contributed by atoms with Gasteiger partial charge in [-0.05, 0) is 34.1 Å². The Bertz CT molecular complexity index is 815. The SMILES string of the molecule is O=C1CN(S(=O)(=O)c2cc(Cl)c(Br)s2)c2ccccc2N1. The summed E-state index contributed by atoms with van der Waals surface area (Å²) in [5, 5.41) is 2.98. The fourth-order valence-corrected chi connectivity index (χ4v) is 5.93. The van der Waals surface area contributed by atoms with Crippen LogP contribution in [0, 0.1) is 0 Å². The van der Waals surface area contributed by atoms with Crippen molar-refractivity contribution in [3.8, 4) is 0 Å². The highest BCUT2D eigenvalue weighted by Crippen LogP contribution is 2.39. The number of hydrogen-bond donors (Lipinski definition) is 1. The molecule has 0 saturated heterocycles. The van der Waals surface area contributed by atoms with Gasteiger partial charge in [0.25, 0.3) is 10.0 Å². The highest BCUT2D eigenvalue weighted by molar-refractivity contribution is 9.11. The van der Waals surface area contributed by atoms with E-state index in [-0.39, 0.29) is 16.7 Å². The van der Waals surface area contributed by atoms with E-state index in [1.807, 2.05) is 0 Å². The third-order valence-electron chi connectivity index (χ3n) is 2.90. The lowest BCUT2D eigenvalue weighted by Crippen LogP contribution is -2.41. The molecule has 0 aliphatic carbocycles. The number of halogens is 2. The number of hydrogen-bond acceptors (Lipinski definition) is 4. The van der Waals surface area contributed by atoms with Gasteiger partial charge in [-0.15, -0.1) is 11.3 Å². The van der Waals surface area contributed by atoms with Crippen LogP contribution in [-0.2, 0) is 14.8 Å². The first-order valence-electron chi connectivity index (χ1n) is 5.76. The van der Waals surface area contributed by atoms with Gasteiger partial charge in [0, 0.05) is 0 Å². The van der Waals surface area contributed by atoms with Crippen molar-refractivity contribution in [2.45, 2.75) is 4.21 Å². The standard InChI is InChI=1S/C12H8BrClN2O3S2/c13-12-7(14)5-11(20-12)21(18,19)16-6-10(17)15-8-3-1-2-4-9(8)16/h1-5H,6H2,(H,15,17).